The maximum Gasteiger partial charge on any atom is 0.320 e. The summed E-state index contributed by atoms with van der Waals surface area (Å²) in [5.41, 5.74) is 6.17. The van der Waals surface area contributed by atoms with E-state index in [1.165, 1.54) is 0 Å². The second-order valence-corrected chi connectivity index (χ2v) is 3.63. The molecule has 0 radical (unpaired) electrons. The number of hydrogen-bond acceptors (Lipinski definition) is 3. The molecule has 0 amide bonds. The van der Waals surface area contributed by atoms with Gasteiger partial charge in [0.2, 0.25) is 0 Å². The third kappa shape index (κ3) is 1.93. The van der Waals surface area contributed by atoms with Gasteiger partial charge in [-0.2, -0.15) is 0 Å². The third-order valence-electron chi connectivity index (χ3n) is 2.61. The summed E-state index contributed by atoms with van der Waals surface area (Å²) >= 11 is 0. The first-order valence-electron chi connectivity index (χ1n) is 4.31. The van der Waals surface area contributed by atoms with Gasteiger partial charge in [-0.25, -0.2) is 0 Å². The lowest BCUT2D eigenvalue weighted by molar-refractivity contribution is -0.145. The minimum absolute atomic E-state index is 0.334. The van der Waals surface area contributed by atoms with Gasteiger partial charge in [0, 0.05) is 5.92 Å². The Labute approximate surface area is 81.2 Å². The van der Waals surface area contributed by atoms with Crippen molar-refractivity contribution in [2.45, 2.75) is 18.9 Å². The summed E-state index contributed by atoms with van der Waals surface area (Å²) in [6, 6.07) is -1.12. The van der Waals surface area contributed by atoms with Gasteiger partial charge in [0.15, 0.2) is 0 Å². The molecular weight excluding hydrogens is 186 g/mol. The highest BCUT2D eigenvalue weighted by Gasteiger charge is 2.40. The first-order valence-corrected chi connectivity index (χ1v) is 4.31. The van der Waals surface area contributed by atoms with E-state index >= 15 is 0 Å². The summed E-state index contributed by atoms with van der Waals surface area (Å²) in [5.74, 6) is -3.38. The summed E-state index contributed by atoms with van der Waals surface area (Å²) in [6.45, 7) is 3.67. The first-order chi connectivity index (χ1) is 6.43. The molecule has 3 atom stereocenters. The zero-order valence-electron chi connectivity index (χ0n) is 7.64. The predicted octanol–water partition coefficient (Wildman–Crippen LogP) is 0.0653. The normalized spacial score (nSPS) is 28.8. The Kier molecular flexibility index (Phi) is 2.90. The maximum absolute atomic E-state index is 10.8. The molecule has 1 aliphatic carbocycles. The molecule has 0 aromatic rings. The van der Waals surface area contributed by atoms with Crippen molar-refractivity contribution in [3.8, 4) is 0 Å². The van der Waals surface area contributed by atoms with Crippen molar-refractivity contribution in [3.05, 3.63) is 12.2 Å². The van der Waals surface area contributed by atoms with Gasteiger partial charge in [0.05, 0.1) is 5.92 Å². The van der Waals surface area contributed by atoms with Crippen molar-refractivity contribution in [3.63, 3.8) is 0 Å². The molecule has 5 heteroatoms. The lowest BCUT2D eigenvalue weighted by atomic mass is 9.89. The van der Waals surface area contributed by atoms with Crippen LogP contribution in [0.5, 0.6) is 0 Å². The van der Waals surface area contributed by atoms with E-state index in [4.69, 9.17) is 15.9 Å². The van der Waals surface area contributed by atoms with Gasteiger partial charge in [0.1, 0.15) is 6.04 Å². The van der Waals surface area contributed by atoms with Crippen LogP contribution in [0.1, 0.15) is 12.8 Å². The van der Waals surface area contributed by atoms with Crippen molar-refractivity contribution < 1.29 is 19.8 Å². The highest BCUT2D eigenvalue weighted by Crippen LogP contribution is 2.36. The molecule has 1 saturated carbocycles. The lowest BCUT2D eigenvalue weighted by Crippen LogP contribution is -2.41. The van der Waals surface area contributed by atoms with Gasteiger partial charge in [0.25, 0.3) is 0 Å². The average Bonchev–Trinajstić information content (AvgIpc) is 2.45. The van der Waals surface area contributed by atoms with Gasteiger partial charge in [-0.3, -0.25) is 9.59 Å². The van der Waals surface area contributed by atoms with Crippen LogP contribution in [0.3, 0.4) is 0 Å². The molecule has 4 N–H and O–H groups in total. The number of nitrogens with two attached hydrogens (primary N) is 1. The smallest absolute Gasteiger partial charge is 0.320 e. The number of carbonyl (C=O) groups is 2. The van der Waals surface area contributed by atoms with Gasteiger partial charge in [-0.05, 0) is 12.8 Å². The second-order valence-electron chi connectivity index (χ2n) is 3.63. The first kappa shape index (κ1) is 10.7. The molecule has 0 aliphatic heterocycles. The predicted molar refractivity (Wildman–Crippen MR) is 48.6 cm³/mol. The number of allylic oxidation sites excluding steroid dienone is 1. The maximum atomic E-state index is 10.8. The Balaban J connectivity index is 2.81. The summed E-state index contributed by atoms with van der Waals surface area (Å²) in [6.07, 6.45) is 0.728. The van der Waals surface area contributed by atoms with E-state index in [0.717, 1.165) is 5.57 Å². The molecule has 0 saturated heterocycles. The lowest BCUT2D eigenvalue weighted by Gasteiger charge is -2.18. The van der Waals surface area contributed by atoms with Crippen LogP contribution in [0.4, 0.5) is 0 Å². The second kappa shape index (κ2) is 3.79. The zero-order chi connectivity index (χ0) is 10.9. The summed E-state index contributed by atoms with van der Waals surface area (Å²) in [4.78, 5) is 21.4. The molecule has 2 unspecified atom stereocenters. The Morgan fingerprint density at radius 3 is 2.43 bits per heavy atom. The highest BCUT2D eigenvalue weighted by molar-refractivity contribution is 5.77. The van der Waals surface area contributed by atoms with Gasteiger partial charge in [-0.15, -0.1) is 0 Å². The number of carboxylic acid groups (broad SMARTS) is 2. The molecule has 0 aromatic carbocycles. The molecular formula is C9H13NO4. The average molecular weight is 199 g/mol. The van der Waals surface area contributed by atoms with Crippen molar-refractivity contribution in [2.24, 2.45) is 17.6 Å². The number of carboxylic acids is 2. The van der Waals surface area contributed by atoms with Crippen LogP contribution in [-0.2, 0) is 9.59 Å². The minimum Gasteiger partial charge on any atom is -0.481 e. The van der Waals surface area contributed by atoms with E-state index in [9.17, 15) is 9.59 Å². The quantitative estimate of drug-likeness (QED) is 0.558. The fourth-order valence-electron chi connectivity index (χ4n) is 1.85. The Morgan fingerprint density at radius 1 is 1.43 bits per heavy atom. The van der Waals surface area contributed by atoms with E-state index in [0.29, 0.717) is 12.8 Å². The van der Waals surface area contributed by atoms with Crippen LogP contribution in [0.2, 0.25) is 0 Å². The fourth-order valence-corrected chi connectivity index (χ4v) is 1.85. The molecule has 5 nitrogen and oxygen atoms in total. The van der Waals surface area contributed by atoms with Gasteiger partial charge < -0.3 is 15.9 Å². The van der Waals surface area contributed by atoms with Crippen LogP contribution in [0.25, 0.3) is 0 Å². The van der Waals surface area contributed by atoms with Crippen molar-refractivity contribution in [1.29, 1.82) is 0 Å². The number of rotatable bonds is 3. The highest BCUT2D eigenvalue weighted by atomic mass is 16.4. The van der Waals surface area contributed by atoms with Crippen LogP contribution in [0.15, 0.2) is 12.2 Å². The van der Waals surface area contributed by atoms with E-state index < -0.39 is 29.8 Å². The summed E-state index contributed by atoms with van der Waals surface area (Å²) < 4.78 is 0. The van der Waals surface area contributed by atoms with E-state index in [1.54, 1.807) is 0 Å². The summed E-state index contributed by atoms with van der Waals surface area (Å²) in [5, 5.41) is 17.5. The van der Waals surface area contributed by atoms with Crippen molar-refractivity contribution >= 4 is 11.9 Å². The number of hydrogen-bond donors (Lipinski definition) is 3. The Hall–Kier alpha value is -1.36. The topological polar surface area (TPSA) is 101 Å². The van der Waals surface area contributed by atoms with Crippen LogP contribution in [-0.4, -0.2) is 28.2 Å². The van der Waals surface area contributed by atoms with E-state index in [1.807, 2.05) is 0 Å². The largest absolute Gasteiger partial charge is 0.481 e. The Bertz CT molecular complexity index is 287. The number of aliphatic carboxylic acids is 2. The molecule has 1 aliphatic rings. The molecule has 1 rings (SSSR count). The molecule has 78 valence electrons. The minimum atomic E-state index is -1.16. The van der Waals surface area contributed by atoms with Crippen molar-refractivity contribution in [1.82, 2.24) is 0 Å². The monoisotopic (exact) mass is 199 g/mol. The standard InChI is InChI=1S/C9H13NO4/c1-4-2-5(7(10)9(13)14)6(3-4)8(11)12/h5-7H,1-3,10H2,(H,11,12)(H,13,14)/t5?,6?,7-/m0/s1. The SMILES string of the molecule is C=C1CC(C(=O)O)C([C@H](N)C(=O)O)C1. The van der Waals surface area contributed by atoms with Gasteiger partial charge in [-0.1, -0.05) is 12.2 Å². The molecule has 0 spiro atoms. The zero-order valence-corrected chi connectivity index (χ0v) is 7.64. The molecule has 1 fully saturated rings. The molecule has 0 heterocycles. The molecule has 14 heavy (non-hydrogen) atoms. The summed E-state index contributed by atoms with van der Waals surface area (Å²) in [7, 11) is 0. The van der Waals surface area contributed by atoms with E-state index in [2.05, 4.69) is 6.58 Å². The fraction of sp³-hybridized carbons (Fsp3) is 0.556. The third-order valence-corrected chi connectivity index (χ3v) is 2.61. The molecule has 0 aromatic heterocycles. The Morgan fingerprint density at radius 2 is 2.00 bits per heavy atom. The van der Waals surface area contributed by atoms with Crippen molar-refractivity contribution in [2.75, 3.05) is 0 Å². The van der Waals surface area contributed by atoms with Crippen LogP contribution in [0, 0.1) is 11.8 Å². The van der Waals surface area contributed by atoms with Gasteiger partial charge >= 0.3 is 11.9 Å². The van der Waals surface area contributed by atoms with Crippen LogP contribution >= 0.6 is 0 Å². The van der Waals surface area contributed by atoms with E-state index in [-0.39, 0.29) is 0 Å². The van der Waals surface area contributed by atoms with Crippen LogP contribution < -0.4 is 5.73 Å². The molecule has 0 bridgehead atoms.